The lowest BCUT2D eigenvalue weighted by molar-refractivity contribution is 0.0642. The first-order valence-corrected chi connectivity index (χ1v) is 9.78. The highest BCUT2D eigenvalue weighted by Crippen LogP contribution is 2.28. The summed E-state index contributed by atoms with van der Waals surface area (Å²) < 4.78 is 28.4. The summed E-state index contributed by atoms with van der Waals surface area (Å²) in [6.07, 6.45) is 0. The van der Waals surface area contributed by atoms with E-state index in [0.717, 1.165) is 22.6 Å². The van der Waals surface area contributed by atoms with E-state index < -0.39 is 29.4 Å². The number of hydrogen-bond acceptors (Lipinski definition) is 4. The van der Waals surface area contributed by atoms with E-state index in [1.165, 1.54) is 37.2 Å². The number of carbonyl (C=O) groups is 3. The van der Waals surface area contributed by atoms with Gasteiger partial charge in [0.1, 0.15) is 5.69 Å². The summed E-state index contributed by atoms with van der Waals surface area (Å²) in [6.45, 7) is 0.117. The first kappa shape index (κ1) is 21.2. The van der Waals surface area contributed by atoms with Crippen LogP contribution in [0.2, 0.25) is 0 Å². The molecule has 1 aliphatic rings. The van der Waals surface area contributed by atoms with Gasteiger partial charge < -0.3 is 10.2 Å². The second kappa shape index (κ2) is 8.22. The molecule has 0 radical (unpaired) electrons. The van der Waals surface area contributed by atoms with Crippen molar-refractivity contribution in [2.75, 3.05) is 24.3 Å². The maximum Gasteiger partial charge on any atom is 0.261 e. The summed E-state index contributed by atoms with van der Waals surface area (Å²) in [6, 6.07) is 15.2. The number of fused-ring (bicyclic) bond motifs is 1. The van der Waals surface area contributed by atoms with Gasteiger partial charge in [-0.1, -0.05) is 30.3 Å². The molecule has 0 aromatic heterocycles. The fraction of sp³-hybridized carbons (Fsp3) is 0.125. The third-order valence-corrected chi connectivity index (χ3v) is 5.14. The molecule has 0 bridgehead atoms. The van der Waals surface area contributed by atoms with Crippen LogP contribution in [0.4, 0.5) is 20.2 Å². The van der Waals surface area contributed by atoms with Crippen LogP contribution in [0.1, 0.15) is 36.6 Å². The Labute approximate surface area is 183 Å². The first-order chi connectivity index (χ1) is 15.3. The molecule has 1 aliphatic heterocycles. The van der Waals surface area contributed by atoms with Crippen molar-refractivity contribution >= 4 is 29.1 Å². The van der Waals surface area contributed by atoms with Gasteiger partial charge in [-0.05, 0) is 35.9 Å². The second-order valence-electron chi connectivity index (χ2n) is 7.58. The third-order valence-electron chi connectivity index (χ3n) is 5.14. The number of halogens is 2. The van der Waals surface area contributed by atoms with Gasteiger partial charge in [0.2, 0.25) is 0 Å². The Morgan fingerprint density at radius 2 is 1.53 bits per heavy atom. The lowest BCUT2D eigenvalue weighted by Gasteiger charge is -2.16. The minimum atomic E-state index is -0.823. The van der Waals surface area contributed by atoms with E-state index in [2.05, 4.69) is 5.32 Å². The van der Waals surface area contributed by atoms with Crippen molar-refractivity contribution in [3.8, 4) is 0 Å². The van der Waals surface area contributed by atoms with Crippen molar-refractivity contribution in [1.82, 2.24) is 4.90 Å². The Bertz CT molecular complexity index is 1220. The highest BCUT2D eigenvalue weighted by molar-refractivity contribution is 6.22. The predicted molar refractivity (Wildman–Crippen MR) is 116 cm³/mol. The minimum absolute atomic E-state index is 0.0656. The molecule has 0 fully saturated rings. The molecule has 3 amide bonds. The molecular weight excluding hydrogens is 416 g/mol. The number of hydrogen-bond donors (Lipinski definition) is 1. The largest absolute Gasteiger partial charge is 0.373 e. The Hall–Kier alpha value is -4.07. The molecule has 0 unspecified atom stereocenters. The van der Waals surface area contributed by atoms with Crippen LogP contribution in [0.15, 0.2) is 60.7 Å². The van der Waals surface area contributed by atoms with Crippen LogP contribution in [0.3, 0.4) is 0 Å². The molecule has 1 N–H and O–H groups in total. The van der Waals surface area contributed by atoms with Crippen molar-refractivity contribution in [2.45, 2.75) is 6.54 Å². The van der Waals surface area contributed by atoms with Crippen LogP contribution in [-0.2, 0) is 6.54 Å². The SMILES string of the molecule is CN(C)c1c(F)cc(NC(=O)c2ccc3c(c2)C(=O)N(Cc2ccccc2)C3=O)cc1F. The van der Waals surface area contributed by atoms with E-state index in [0.29, 0.717) is 0 Å². The van der Waals surface area contributed by atoms with Crippen molar-refractivity contribution in [3.05, 3.63) is 94.6 Å². The third kappa shape index (κ3) is 3.82. The summed E-state index contributed by atoms with van der Waals surface area (Å²) >= 11 is 0. The van der Waals surface area contributed by atoms with Crippen LogP contribution in [-0.4, -0.2) is 36.7 Å². The maximum absolute atomic E-state index is 14.2. The van der Waals surface area contributed by atoms with Gasteiger partial charge in [0.15, 0.2) is 11.6 Å². The van der Waals surface area contributed by atoms with Gasteiger partial charge in [0, 0.05) is 25.3 Å². The minimum Gasteiger partial charge on any atom is -0.373 e. The summed E-state index contributed by atoms with van der Waals surface area (Å²) in [5.41, 5.74) is 0.912. The van der Waals surface area contributed by atoms with Crippen molar-refractivity contribution in [3.63, 3.8) is 0 Å². The summed E-state index contributed by atoms with van der Waals surface area (Å²) in [4.78, 5) is 40.5. The van der Waals surface area contributed by atoms with Crippen molar-refractivity contribution in [2.24, 2.45) is 0 Å². The zero-order chi connectivity index (χ0) is 23.0. The Balaban J connectivity index is 1.56. The van der Waals surface area contributed by atoms with Gasteiger partial charge in [-0.25, -0.2) is 8.78 Å². The van der Waals surface area contributed by atoms with Gasteiger partial charge in [-0.3, -0.25) is 19.3 Å². The second-order valence-corrected chi connectivity index (χ2v) is 7.58. The number of rotatable bonds is 5. The number of nitrogens with zero attached hydrogens (tertiary/aromatic N) is 2. The van der Waals surface area contributed by atoms with Crippen LogP contribution < -0.4 is 10.2 Å². The first-order valence-electron chi connectivity index (χ1n) is 9.78. The molecule has 3 aromatic rings. The fourth-order valence-electron chi connectivity index (χ4n) is 3.61. The van der Waals surface area contributed by atoms with Crippen molar-refractivity contribution < 1.29 is 23.2 Å². The number of nitrogens with one attached hydrogen (secondary N) is 1. The average Bonchev–Trinajstić information content (AvgIpc) is 2.98. The predicted octanol–water partition coefficient (Wildman–Crippen LogP) is 4.08. The van der Waals surface area contributed by atoms with Gasteiger partial charge >= 0.3 is 0 Å². The number of carbonyl (C=O) groups excluding carboxylic acids is 3. The summed E-state index contributed by atoms with van der Waals surface area (Å²) in [5, 5.41) is 2.43. The molecule has 162 valence electrons. The number of anilines is 2. The van der Waals surface area contributed by atoms with Crippen LogP contribution in [0.5, 0.6) is 0 Å². The fourth-order valence-corrected chi connectivity index (χ4v) is 3.61. The van der Waals surface area contributed by atoms with E-state index in [9.17, 15) is 23.2 Å². The number of imide groups is 1. The molecule has 32 heavy (non-hydrogen) atoms. The summed E-state index contributed by atoms with van der Waals surface area (Å²) in [7, 11) is 3.01. The number of benzene rings is 3. The lowest BCUT2D eigenvalue weighted by Crippen LogP contribution is -2.29. The van der Waals surface area contributed by atoms with Gasteiger partial charge in [0.25, 0.3) is 17.7 Å². The molecule has 0 spiro atoms. The van der Waals surface area contributed by atoms with E-state index in [-0.39, 0.29) is 34.6 Å². The highest BCUT2D eigenvalue weighted by Gasteiger charge is 2.36. The monoisotopic (exact) mass is 435 g/mol. The van der Waals surface area contributed by atoms with Gasteiger partial charge in [-0.15, -0.1) is 0 Å². The van der Waals surface area contributed by atoms with E-state index in [1.807, 2.05) is 30.3 Å². The Morgan fingerprint density at radius 1 is 0.906 bits per heavy atom. The standard InChI is InChI=1S/C24H19F2N3O3/c1-28(2)21-19(25)11-16(12-20(21)26)27-22(30)15-8-9-17-18(10-15)24(32)29(23(17)31)13-14-6-4-3-5-7-14/h3-12H,13H2,1-2H3,(H,27,30). The van der Waals surface area contributed by atoms with Crippen LogP contribution in [0.25, 0.3) is 0 Å². The Morgan fingerprint density at radius 3 is 2.16 bits per heavy atom. The molecule has 0 atom stereocenters. The highest BCUT2D eigenvalue weighted by atomic mass is 19.1. The van der Waals surface area contributed by atoms with Crippen molar-refractivity contribution in [1.29, 1.82) is 0 Å². The number of amides is 3. The molecule has 0 saturated heterocycles. The topological polar surface area (TPSA) is 69.7 Å². The molecule has 6 nitrogen and oxygen atoms in total. The van der Waals surface area contributed by atoms with Gasteiger partial charge in [0.05, 0.1) is 17.7 Å². The maximum atomic E-state index is 14.2. The van der Waals surface area contributed by atoms with Crippen LogP contribution in [0, 0.1) is 11.6 Å². The quantitative estimate of drug-likeness (QED) is 0.614. The average molecular weight is 435 g/mol. The van der Waals surface area contributed by atoms with Gasteiger partial charge in [-0.2, -0.15) is 0 Å². The molecule has 0 aliphatic carbocycles. The molecule has 0 saturated carbocycles. The molecule has 8 heteroatoms. The zero-order valence-electron chi connectivity index (χ0n) is 17.4. The zero-order valence-corrected chi connectivity index (χ0v) is 17.4. The molecule has 1 heterocycles. The van der Waals surface area contributed by atoms with E-state index >= 15 is 0 Å². The normalized spacial score (nSPS) is 12.7. The van der Waals surface area contributed by atoms with E-state index in [1.54, 1.807) is 0 Å². The van der Waals surface area contributed by atoms with Crippen LogP contribution >= 0.6 is 0 Å². The van der Waals surface area contributed by atoms with E-state index in [4.69, 9.17) is 0 Å². The lowest BCUT2D eigenvalue weighted by atomic mass is 10.1. The molecule has 3 aromatic carbocycles. The molecular formula is C24H19F2N3O3. The Kier molecular flexibility index (Phi) is 5.44. The molecule has 4 rings (SSSR count). The summed E-state index contributed by atoms with van der Waals surface area (Å²) in [5.74, 6) is -3.25. The smallest absolute Gasteiger partial charge is 0.261 e.